The summed E-state index contributed by atoms with van der Waals surface area (Å²) in [6.07, 6.45) is 2.79. The second kappa shape index (κ2) is 8.82. The van der Waals surface area contributed by atoms with E-state index in [9.17, 15) is 9.59 Å². The van der Waals surface area contributed by atoms with Crippen molar-refractivity contribution in [3.05, 3.63) is 89.5 Å². The highest BCUT2D eigenvalue weighted by Crippen LogP contribution is 2.32. The van der Waals surface area contributed by atoms with Gasteiger partial charge < -0.3 is 15.4 Å². The number of hydrogen-bond donors (Lipinski definition) is 2. The number of carbonyl (C=O) groups excluding carboxylic acids is 2. The summed E-state index contributed by atoms with van der Waals surface area (Å²) >= 11 is 0. The molecule has 152 valence electrons. The van der Waals surface area contributed by atoms with Crippen molar-refractivity contribution in [2.24, 2.45) is 0 Å². The first kappa shape index (κ1) is 19.7. The van der Waals surface area contributed by atoms with E-state index in [0.29, 0.717) is 22.7 Å². The average molecular weight is 400 g/mol. The molecule has 1 aliphatic rings. The van der Waals surface area contributed by atoms with Crippen LogP contribution in [0.2, 0.25) is 0 Å². The van der Waals surface area contributed by atoms with Crippen molar-refractivity contribution in [3.63, 3.8) is 0 Å². The third-order valence-electron chi connectivity index (χ3n) is 5.44. The zero-order valence-corrected chi connectivity index (χ0v) is 16.9. The molecule has 0 aromatic heterocycles. The molecule has 0 saturated carbocycles. The number of carbonyl (C=O) groups is 2. The lowest BCUT2D eigenvalue weighted by Crippen LogP contribution is -2.26. The SMILES string of the molecule is COc1cccc(NC(=O)c2ccccc2NC(=O)C2CCCc3ccccc32)c1. The quantitative estimate of drug-likeness (QED) is 0.633. The molecule has 0 bridgehead atoms. The number of ether oxygens (including phenoxy) is 1. The molecule has 2 N–H and O–H groups in total. The molecular weight excluding hydrogens is 376 g/mol. The van der Waals surface area contributed by atoms with E-state index in [-0.39, 0.29) is 17.7 Å². The predicted molar refractivity (Wildman–Crippen MR) is 118 cm³/mol. The van der Waals surface area contributed by atoms with Gasteiger partial charge in [0.1, 0.15) is 5.75 Å². The molecule has 2 amide bonds. The van der Waals surface area contributed by atoms with E-state index in [1.807, 2.05) is 36.4 Å². The molecule has 1 unspecified atom stereocenters. The van der Waals surface area contributed by atoms with E-state index in [2.05, 4.69) is 16.7 Å². The molecular formula is C25H24N2O3. The number of para-hydroxylation sites is 1. The molecule has 30 heavy (non-hydrogen) atoms. The number of rotatable bonds is 5. The van der Waals surface area contributed by atoms with Crippen LogP contribution in [0.15, 0.2) is 72.8 Å². The lowest BCUT2D eigenvalue weighted by Gasteiger charge is -2.25. The first-order valence-corrected chi connectivity index (χ1v) is 10.1. The summed E-state index contributed by atoms with van der Waals surface area (Å²) in [5.41, 5.74) is 3.86. The number of hydrogen-bond acceptors (Lipinski definition) is 3. The van der Waals surface area contributed by atoms with Crippen molar-refractivity contribution in [3.8, 4) is 5.75 Å². The van der Waals surface area contributed by atoms with Crippen LogP contribution in [-0.2, 0) is 11.2 Å². The lowest BCUT2D eigenvalue weighted by molar-refractivity contribution is -0.117. The van der Waals surface area contributed by atoms with E-state index in [4.69, 9.17) is 4.74 Å². The molecule has 0 heterocycles. The highest BCUT2D eigenvalue weighted by molar-refractivity contribution is 6.10. The molecule has 0 aliphatic heterocycles. The Morgan fingerprint density at radius 3 is 2.60 bits per heavy atom. The van der Waals surface area contributed by atoms with E-state index in [0.717, 1.165) is 24.8 Å². The monoisotopic (exact) mass is 400 g/mol. The van der Waals surface area contributed by atoms with Crippen molar-refractivity contribution < 1.29 is 14.3 Å². The van der Waals surface area contributed by atoms with Crippen LogP contribution < -0.4 is 15.4 Å². The van der Waals surface area contributed by atoms with Crippen LogP contribution in [0.4, 0.5) is 11.4 Å². The van der Waals surface area contributed by atoms with Crippen molar-refractivity contribution >= 4 is 23.2 Å². The van der Waals surface area contributed by atoms with Gasteiger partial charge in [-0.05, 0) is 54.7 Å². The molecule has 1 atom stereocenters. The summed E-state index contributed by atoms with van der Waals surface area (Å²) in [6, 6.07) is 22.3. The third-order valence-corrected chi connectivity index (χ3v) is 5.44. The Labute approximate surface area is 176 Å². The molecule has 3 aromatic rings. The average Bonchev–Trinajstić information content (AvgIpc) is 2.79. The molecule has 5 nitrogen and oxygen atoms in total. The Balaban J connectivity index is 1.54. The third kappa shape index (κ3) is 4.20. The fraction of sp³-hybridized carbons (Fsp3) is 0.200. The summed E-state index contributed by atoms with van der Waals surface area (Å²) in [5.74, 6) is 0.0850. The Hall–Kier alpha value is -3.60. The molecule has 3 aromatic carbocycles. The fourth-order valence-electron chi connectivity index (χ4n) is 3.94. The second-order valence-electron chi connectivity index (χ2n) is 7.36. The topological polar surface area (TPSA) is 67.4 Å². The van der Waals surface area contributed by atoms with Crippen LogP contribution in [-0.4, -0.2) is 18.9 Å². The van der Waals surface area contributed by atoms with Gasteiger partial charge in [0, 0.05) is 11.8 Å². The summed E-state index contributed by atoms with van der Waals surface area (Å²) < 4.78 is 5.21. The predicted octanol–water partition coefficient (Wildman–Crippen LogP) is 5.01. The number of aryl methyl sites for hydroxylation is 1. The standard InChI is InChI=1S/C25H24N2O3/c1-30-19-11-7-10-18(16-19)26-25(29)22-13-4-5-15-23(22)27-24(28)21-14-6-9-17-8-2-3-12-20(17)21/h2-5,7-8,10-13,15-16,21H,6,9,14H2,1H3,(H,26,29)(H,27,28). The van der Waals surface area contributed by atoms with Crippen LogP contribution in [0.5, 0.6) is 5.75 Å². The van der Waals surface area contributed by atoms with Gasteiger partial charge in [-0.3, -0.25) is 9.59 Å². The second-order valence-corrected chi connectivity index (χ2v) is 7.36. The van der Waals surface area contributed by atoms with E-state index >= 15 is 0 Å². The number of benzene rings is 3. The first-order valence-electron chi connectivity index (χ1n) is 10.1. The zero-order valence-electron chi connectivity index (χ0n) is 16.9. The van der Waals surface area contributed by atoms with Gasteiger partial charge in [0.2, 0.25) is 5.91 Å². The minimum absolute atomic E-state index is 0.0798. The van der Waals surface area contributed by atoms with E-state index < -0.39 is 0 Å². The summed E-state index contributed by atoms with van der Waals surface area (Å²) in [6.45, 7) is 0. The molecule has 0 fully saturated rings. The van der Waals surface area contributed by atoms with E-state index in [1.165, 1.54) is 5.56 Å². The number of anilines is 2. The van der Waals surface area contributed by atoms with Crippen molar-refractivity contribution in [2.45, 2.75) is 25.2 Å². The number of nitrogens with one attached hydrogen (secondary N) is 2. The maximum atomic E-state index is 13.1. The van der Waals surface area contributed by atoms with Crippen LogP contribution in [0.25, 0.3) is 0 Å². The highest BCUT2D eigenvalue weighted by atomic mass is 16.5. The zero-order chi connectivity index (χ0) is 20.9. The fourth-order valence-corrected chi connectivity index (χ4v) is 3.94. The van der Waals surface area contributed by atoms with Gasteiger partial charge in [0.05, 0.1) is 24.3 Å². The Morgan fingerprint density at radius 2 is 1.73 bits per heavy atom. The summed E-state index contributed by atoms with van der Waals surface area (Å²) in [4.78, 5) is 26.0. The Bertz CT molecular complexity index is 1080. The van der Waals surface area contributed by atoms with Gasteiger partial charge >= 0.3 is 0 Å². The Kier molecular flexibility index (Phi) is 5.80. The molecule has 1 aliphatic carbocycles. The summed E-state index contributed by atoms with van der Waals surface area (Å²) in [7, 11) is 1.58. The molecule has 4 rings (SSSR count). The van der Waals surface area contributed by atoms with Crippen LogP contribution in [0.3, 0.4) is 0 Å². The van der Waals surface area contributed by atoms with Gasteiger partial charge in [0.25, 0.3) is 5.91 Å². The number of methoxy groups -OCH3 is 1. The van der Waals surface area contributed by atoms with Gasteiger partial charge in [0.15, 0.2) is 0 Å². The summed E-state index contributed by atoms with van der Waals surface area (Å²) in [5, 5.41) is 5.86. The van der Waals surface area contributed by atoms with E-state index in [1.54, 1.807) is 37.4 Å². The number of fused-ring (bicyclic) bond motifs is 1. The largest absolute Gasteiger partial charge is 0.497 e. The van der Waals surface area contributed by atoms with Gasteiger partial charge in [-0.25, -0.2) is 0 Å². The van der Waals surface area contributed by atoms with Gasteiger partial charge in [-0.2, -0.15) is 0 Å². The molecule has 0 radical (unpaired) electrons. The van der Waals surface area contributed by atoms with Gasteiger partial charge in [-0.15, -0.1) is 0 Å². The lowest BCUT2D eigenvalue weighted by atomic mass is 9.82. The smallest absolute Gasteiger partial charge is 0.257 e. The van der Waals surface area contributed by atoms with Crippen molar-refractivity contribution in [1.29, 1.82) is 0 Å². The molecule has 0 saturated heterocycles. The number of amides is 2. The molecule has 5 heteroatoms. The minimum Gasteiger partial charge on any atom is -0.497 e. The maximum absolute atomic E-state index is 13.1. The molecule has 0 spiro atoms. The maximum Gasteiger partial charge on any atom is 0.257 e. The van der Waals surface area contributed by atoms with Crippen molar-refractivity contribution in [2.75, 3.05) is 17.7 Å². The van der Waals surface area contributed by atoms with Gasteiger partial charge in [-0.1, -0.05) is 42.5 Å². The minimum atomic E-state index is -0.289. The normalized spacial score (nSPS) is 15.0. The highest BCUT2D eigenvalue weighted by Gasteiger charge is 2.27. The van der Waals surface area contributed by atoms with Crippen LogP contribution in [0, 0.1) is 0 Å². The Morgan fingerprint density at radius 1 is 0.933 bits per heavy atom. The first-order chi connectivity index (χ1) is 14.7. The van der Waals surface area contributed by atoms with Crippen LogP contribution >= 0.6 is 0 Å². The van der Waals surface area contributed by atoms with Crippen LogP contribution in [0.1, 0.15) is 40.2 Å². The van der Waals surface area contributed by atoms with Crippen molar-refractivity contribution in [1.82, 2.24) is 0 Å².